The van der Waals surface area contributed by atoms with Crippen LogP contribution >= 0.6 is 0 Å². The summed E-state index contributed by atoms with van der Waals surface area (Å²) in [6.07, 6.45) is 11.8. The van der Waals surface area contributed by atoms with E-state index in [0.29, 0.717) is 0 Å². The van der Waals surface area contributed by atoms with Gasteiger partial charge in [0.2, 0.25) is 5.91 Å². The predicted octanol–water partition coefficient (Wildman–Crippen LogP) is 3.82. The third-order valence-electron chi connectivity index (χ3n) is 3.44. The molecule has 0 aromatic heterocycles. The molecule has 1 aliphatic carbocycles. The van der Waals surface area contributed by atoms with Gasteiger partial charge in [0.15, 0.2) is 0 Å². The molecule has 0 aromatic rings. The van der Waals surface area contributed by atoms with E-state index in [1.165, 1.54) is 38.5 Å². The molecule has 1 aliphatic rings. The normalized spacial score (nSPS) is 16.0. The van der Waals surface area contributed by atoms with E-state index in [2.05, 4.69) is 12.2 Å². The molecule has 0 bridgehead atoms. The minimum absolute atomic E-state index is 0.162. The van der Waals surface area contributed by atoms with Gasteiger partial charge in [0.1, 0.15) is 0 Å². The minimum Gasteiger partial charge on any atom is -0.352 e. The Kier molecular flexibility index (Phi) is 6.99. The predicted molar refractivity (Wildman–Crippen MR) is 72.9 cm³/mol. The fraction of sp³-hybridized carbons (Fsp3) is 0.800. The van der Waals surface area contributed by atoms with Crippen LogP contribution < -0.4 is 5.32 Å². The summed E-state index contributed by atoms with van der Waals surface area (Å²) in [6, 6.07) is 0. The number of nitrogens with one attached hydrogen (secondary N) is 1. The quantitative estimate of drug-likeness (QED) is 0.479. The third kappa shape index (κ3) is 6.50. The SMILES string of the molecule is CC=C(CCCCCCC)C(=O)NCC1CC1. The number of allylic oxidation sites excluding steroid dienone is 1. The molecule has 0 radical (unpaired) electrons. The molecule has 0 unspecified atom stereocenters. The lowest BCUT2D eigenvalue weighted by molar-refractivity contribution is -0.117. The van der Waals surface area contributed by atoms with Crippen LogP contribution in [0.3, 0.4) is 0 Å². The molecule has 1 amide bonds. The summed E-state index contributed by atoms with van der Waals surface area (Å²) in [5, 5.41) is 3.04. The van der Waals surface area contributed by atoms with Gasteiger partial charge < -0.3 is 5.32 Å². The van der Waals surface area contributed by atoms with E-state index >= 15 is 0 Å². The number of hydrogen-bond acceptors (Lipinski definition) is 1. The van der Waals surface area contributed by atoms with E-state index in [9.17, 15) is 4.79 Å². The fourth-order valence-corrected chi connectivity index (χ4v) is 1.98. The second-order valence-electron chi connectivity index (χ2n) is 5.13. The Bertz CT molecular complexity index is 254. The Morgan fingerprint density at radius 3 is 2.53 bits per heavy atom. The Morgan fingerprint density at radius 1 is 1.24 bits per heavy atom. The van der Waals surface area contributed by atoms with Gasteiger partial charge in [0.05, 0.1) is 0 Å². The molecule has 0 saturated heterocycles. The lowest BCUT2D eigenvalue weighted by Gasteiger charge is -2.08. The van der Waals surface area contributed by atoms with E-state index in [4.69, 9.17) is 0 Å². The maximum absolute atomic E-state index is 11.8. The van der Waals surface area contributed by atoms with Crippen LogP contribution in [0.5, 0.6) is 0 Å². The smallest absolute Gasteiger partial charge is 0.246 e. The lowest BCUT2D eigenvalue weighted by Crippen LogP contribution is -2.27. The number of rotatable bonds is 9. The van der Waals surface area contributed by atoms with Gasteiger partial charge in [-0.05, 0) is 38.5 Å². The molecular weight excluding hydrogens is 210 g/mol. The molecule has 0 atom stereocenters. The first kappa shape index (κ1) is 14.3. The maximum Gasteiger partial charge on any atom is 0.246 e. The molecule has 0 aliphatic heterocycles. The van der Waals surface area contributed by atoms with Gasteiger partial charge in [0, 0.05) is 12.1 Å². The Morgan fingerprint density at radius 2 is 1.94 bits per heavy atom. The van der Waals surface area contributed by atoms with Gasteiger partial charge in [-0.3, -0.25) is 4.79 Å². The van der Waals surface area contributed by atoms with Crippen molar-refractivity contribution in [1.29, 1.82) is 0 Å². The minimum atomic E-state index is 0.162. The highest BCUT2D eigenvalue weighted by Crippen LogP contribution is 2.27. The van der Waals surface area contributed by atoms with Crippen molar-refractivity contribution in [3.05, 3.63) is 11.6 Å². The number of unbranched alkanes of at least 4 members (excludes halogenated alkanes) is 4. The van der Waals surface area contributed by atoms with E-state index in [0.717, 1.165) is 30.9 Å². The summed E-state index contributed by atoms with van der Waals surface area (Å²) >= 11 is 0. The second kappa shape index (κ2) is 8.32. The molecule has 2 heteroatoms. The molecule has 0 spiro atoms. The van der Waals surface area contributed by atoms with Crippen LogP contribution in [-0.4, -0.2) is 12.5 Å². The molecule has 1 saturated carbocycles. The van der Waals surface area contributed by atoms with Crippen LogP contribution in [0.15, 0.2) is 11.6 Å². The van der Waals surface area contributed by atoms with Crippen molar-refractivity contribution in [2.45, 2.75) is 65.2 Å². The molecule has 98 valence electrons. The lowest BCUT2D eigenvalue weighted by atomic mass is 10.0. The van der Waals surface area contributed by atoms with Crippen molar-refractivity contribution >= 4 is 5.91 Å². The van der Waals surface area contributed by atoms with Crippen molar-refractivity contribution in [2.75, 3.05) is 6.54 Å². The van der Waals surface area contributed by atoms with Gasteiger partial charge in [-0.2, -0.15) is 0 Å². The molecule has 1 fully saturated rings. The van der Waals surface area contributed by atoms with Crippen molar-refractivity contribution < 1.29 is 4.79 Å². The summed E-state index contributed by atoms with van der Waals surface area (Å²) in [5.74, 6) is 0.927. The average molecular weight is 237 g/mol. The first-order valence-corrected chi connectivity index (χ1v) is 7.21. The second-order valence-corrected chi connectivity index (χ2v) is 5.13. The summed E-state index contributed by atoms with van der Waals surface area (Å²) in [4.78, 5) is 11.8. The average Bonchev–Trinajstić information content (AvgIpc) is 3.15. The summed E-state index contributed by atoms with van der Waals surface area (Å²) in [7, 11) is 0. The first-order valence-electron chi connectivity index (χ1n) is 7.21. The molecule has 2 nitrogen and oxygen atoms in total. The van der Waals surface area contributed by atoms with Gasteiger partial charge in [-0.15, -0.1) is 0 Å². The standard InChI is InChI=1S/C15H27NO/c1-3-5-6-7-8-9-14(4-2)15(17)16-12-13-10-11-13/h4,13H,3,5-12H2,1-2H3,(H,16,17). The third-order valence-corrected chi connectivity index (χ3v) is 3.44. The van der Waals surface area contributed by atoms with Crippen LogP contribution in [0.2, 0.25) is 0 Å². The zero-order valence-electron chi connectivity index (χ0n) is 11.4. The fourth-order valence-electron chi connectivity index (χ4n) is 1.98. The highest BCUT2D eigenvalue weighted by Gasteiger charge is 2.22. The zero-order valence-corrected chi connectivity index (χ0v) is 11.4. The highest BCUT2D eigenvalue weighted by molar-refractivity contribution is 5.93. The maximum atomic E-state index is 11.8. The van der Waals surface area contributed by atoms with Crippen LogP contribution in [0.1, 0.15) is 65.2 Å². The summed E-state index contributed by atoms with van der Waals surface area (Å²) in [5.41, 5.74) is 0.974. The zero-order chi connectivity index (χ0) is 12.5. The Hall–Kier alpha value is -0.790. The van der Waals surface area contributed by atoms with Crippen LogP contribution in [0.4, 0.5) is 0 Å². The van der Waals surface area contributed by atoms with Crippen LogP contribution in [0, 0.1) is 5.92 Å². The summed E-state index contributed by atoms with van der Waals surface area (Å²) < 4.78 is 0. The summed E-state index contributed by atoms with van der Waals surface area (Å²) in [6.45, 7) is 5.08. The van der Waals surface area contributed by atoms with Crippen molar-refractivity contribution in [3.8, 4) is 0 Å². The Labute approximate surface area is 106 Å². The number of amides is 1. The van der Waals surface area contributed by atoms with Gasteiger partial charge >= 0.3 is 0 Å². The van der Waals surface area contributed by atoms with E-state index in [1.54, 1.807) is 0 Å². The molecular formula is C15H27NO. The largest absolute Gasteiger partial charge is 0.352 e. The van der Waals surface area contributed by atoms with Gasteiger partial charge in [0.25, 0.3) is 0 Å². The molecule has 0 heterocycles. The van der Waals surface area contributed by atoms with Gasteiger partial charge in [-0.25, -0.2) is 0 Å². The molecule has 0 aromatic carbocycles. The Balaban J connectivity index is 2.10. The highest BCUT2D eigenvalue weighted by atomic mass is 16.1. The van der Waals surface area contributed by atoms with E-state index in [1.807, 2.05) is 13.0 Å². The molecule has 1 rings (SSSR count). The van der Waals surface area contributed by atoms with E-state index in [-0.39, 0.29) is 5.91 Å². The number of hydrogen-bond donors (Lipinski definition) is 1. The number of carbonyl (C=O) groups excluding carboxylic acids is 1. The topological polar surface area (TPSA) is 29.1 Å². The van der Waals surface area contributed by atoms with Crippen molar-refractivity contribution in [2.24, 2.45) is 5.92 Å². The van der Waals surface area contributed by atoms with Crippen LogP contribution in [0.25, 0.3) is 0 Å². The van der Waals surface area contributed by atoms with Crippen LogP contribution in [-0.2, 0) is 4.79 Å². The van der Waals surface area contributed by atoms with Gasteiger partial charge in [-0.1, -0.05) is 38.7 Å². The van der Waals surface area contributed by atoms with Crippen molar-refractivity contribution in [3.63, 3.8) is 0 Å². The molecule has 1 N–H and O–H groups in total. The number of carbonyl (C=O) groups is 1. The molecule has 17 heavy (non-hydrogen) atoms. The van der Waals surface area contributed by atoms with Crippen molar-refractivity contribution in [1.82, 2.24) is 5.32 Å². The van der Waals surface area contributed by atoms with E-state index < -0.39 is 0 Å². The first-order chi connectivity index (χ1) is 8.27. The monoisotopic (exact) mass is 237 g/mol.